The molecule has 3 fully saturated rings. The van der Waals surface area contributed by atoms with Gasteiger partial charge in [0.15, 0.2) is 28.8 Å². The van der Waals surface area contributed by atoms with Crippen molar-refractivity contribution in [2.24, 2.45) is 0 Å². The zero-order valence-corrected chi connectivity index (χ0v) is 17.0. The van der Waals surface area contributed by atoms with Crippen LogP contribution in [0.2, 0.25) is 0 Å². The van der Waals surface area contributed by atoms with Crippen LogP contribution in [0, 0.1) is 0 Å². The number of nitrogens with zero attached hydrogens (tertiary/aromatic N) is 1. The standard InChI is InChI=1S/C18H25NO8S/c1-17(2)23-9-11(25-17)13-14(15-16(24-13)27-18(3,4)26-15)22-10-28(20,21)12-7-5-6-8-19-12/h5-8,11,13-16H,9-10H2,1-4H3/t11-,13-,14+,15-,16-/m1/s1. The number of ether oxygens (including phenoxy) is 6. The molecule has 0 amide bonds. The van der Waals surface area contributed by atoms with Crippen LogP contribution in [-0.4, -0.2) is 68.2 Å². The van der Waals surface area contributed by atoms with Crippen LogP contribution in [0.5, 0.6) is 0 Å². The van der Waals surface area contributed by atoms with Gasteiger partial charge < -0.3 is 28.4 Å². The minimum atomic E-state index is -3.73. The molecule has 4 rings (SSSR count). The van der Waals surface area contributed by atoms with Gasteiger partial charge in [0, 0.05) is 6.20 Å². The lowest BCUT2D eigenvalue weighted by molar-refractivity contribution is -0.234. The highest BCUT2D eigenvalue weighted by Gasteiger charge is 2.59. The van der Waals surface area contributed by atoms with Crippen molar-refractivity contribution in [1.82, 2.24) is 4.98 Å². The Labute approximate surface area is 164 Å². The summed E-state index contributed by atoms with van der Waals surface area (Å²) in [6.07, 6.45) is -1.55. The molecule has 3 aliphatic rings. The number of hydrogen-bond acceptors (Lipinski definition) is 9. The third-order valence-corrected chi connectivity index (χ3v) is 6.12. The second kappa shape index (κ2) is 6.98. The summed E-state index contributed by atoms with van der Waals surface area (Å²) in [4.78, 5) is 3.90. The van der Waals surface area contributed by atoms with Gasteiger partial charge in [0.05, 0.1) is 6.61 Å². The highest BCUT2D eigenvalue weighted by atomic mass is 32.2. The van der Waals surface area contributed by atoms with E-state index in [0.29, 0.717) is 6.61 Å². The van der Waals surface area contributed by atoms with Crippen LogP contribution in [0.15, 0.2) is 29.4 Å². The maximum absolute atomic E-state index is 12.6. The summed E-state index contributed by atoms with van der Waals surface area (Å²) in [6.45, 7) is 7.45. The molecule has 0 N–H and O–H groups in total. The van der Waals surface area contributed by atoms with Gasteiger partial charge in [0.1, 0.15) is 24.4 Å². The second-order valence-corrected chi connectivity index (χ2v) is 9.85. The molecule has 3 aliphatic heterocycles. The van der Waals surface area contributed by atoms with Crippen LogP contribution in [0.25, 0.3) is 0 Å². The van der Waals surface area contributed by atoms with E-state index in [9.17, 15) is 8.42 Å². The molecule has 0 radical (unpaired) electrons. The van der Waals surface area contributed by atoms with Gasteiger partial charge in [0.25, 0.3) is 0 Å². The number of pyridine rings is 1. The molecule has 1 aromatic heterocycles. The van der Waals surface area contributed by atoms with Crippen molar-refractivity contribution in [3.05, 3.63) is 24.4 Å². The predicted molar refractivity (Wildman–Crippen MR) is 94.8 cm³/mol. The van der Waals surface area contributed by atoms with E-state index >= 15 is 0 Å². The lowest BCUT2D eigenvalue weighted by Gasteiger charge is -2.28. The Hall–Kier alpha value is -1.14. The molecule has 0 unspecified atom stereocenters. The first-order valence-corrected chi connectivity index (χ1v) is 10.8. The largest absolute Gasteiger partial charge is 0.356 e. The van der Waals surface area contributed by atoms with Crippen molar-refractivity contribution in [3.63, 3.8) is 0 Å². The fourth-order valence-electron chi connectivity index (χ4n) is 3.63. The lowest BCUT2D eigenvalue weighted by atomic mass is 10.1. The molecule has 0 aliphatic carbocycles. The summed E-state index contributed by atoms with van der Waals surface area (Å²) in [5.74, 6) is -2.16. The molecule has 1 aromatic rings. The predicted octanol–water partition coefficient (Wildman–Crippen LogP) is 1.23. The average Bonchev–Trinajstić information content (AvgIpc) is 3.23. The van der Waals surface area contributed by atoms with Crippen LogP contribution >= 0.6 is 0 Å². The van der Waals surface area contributed by atoms with Gasteiger partial charge in [0.2, 0.25) is 9.84 Å². The van der Waals surface area contributed by atoms with Gasteiger partial charge in [-0.15, -0.1) is 0 Å². The molecular weight excluding hydrogens is 390 g/mol. The second-order valence-electron chi connectivity index (χ2n) is 7.97. The Balaban J connectivity index is 1.52. The first kappa shape index (κ1) is 20.1. The quantitative estimate of drug-likeness (QED) is 0.702. The monoisotopic (exact) mass is 415 g/mol. The molecule has 4 heterocycles. The molecule has 28 heavy (non-hydrogen) atoms. The average molecular weight is 415 g/mol. The number of sulfone groups is 1. The van der Waals surface area contributed by atoms with Gasteiger partial charge in [-0.25, -0.2) is 13.4 Å². The Bertz CT molecular complexity index is 812. The van der Waals surface area contributed by atoms with Crippen LogP contribution in [0.4, 0.5) is 0 Å². The minimum absolute atomic E-state index is 0.0486. The van der Waals surface area contributed by atoms with Gasteiger partial charge in [-0.2, -0.15) is 0 Å². The molecule has 156 valence electrons. The molecule has 0 aromatic carbocycles. The first-order valence-electron chi connectivity index (χ1n) is 9.15. The van der Waals surface area contributed by atoms with E-state index in [2.05, 4.69) is 4.98 Å². The summed E-state index contributed by atoms with van der Waals surface area (Å²) >= 11 is 0. The SMILES string of the molecule is CC1(C)O[C@H]2O[C@H]([C@H]3COC(C)(C)O3)[C@H](OCS(=O)(=O)c3ccccn3)[C@H]2O1. The van der Waals surface area contributed by atoms with E-state index in [-0.39, 0.29) is 5.03 Å². The van der Waals surface area contributed by atoms with E-state index in [1.807, 2.05) is 0 Å². The molecular formula is C18H25NO8S. The van der Waals surface area contributed by atoms with Gasteiger partial charge >= 0.3 is 0 Å². The normalized spacial score (nSPS) is 36.5. The Morgan fingerprint density at radius 3 is 2.54 bits per heavy atom. The first-order chi connectivity index (χ1) is 13.1. The Kier molecular flexibility index (Phi) is 5.02. The number of hydrogen-bond donors (Lipinski definition) is 0. The Morgan fingerprint density at radius 1 is 1.11 bits per heavy atom. The van der Waals surface area contributed by atoms with Crippen LogP contribution in [0.3, 0.4) is 0 Å². The maximum atomic E-state index is 12.6. The molecule has 5 atom stereocenters. The highest BCUT2D eigenvalue weighted by Crippen LogP contribution is 2.42. The van der Waals surface area contributed by atoms with Crippen LogP contribution in [-0.2, 0) is 38.3 Å². The molecule has 9 nitrogen and oxygen atoms in total. The topological polar surface area (TPSA) is 102 Å². The van der Waals surface area contributed by atoms with E-state index in [0.717, 1.165) is 0 Å². The number of aromatic nitrogens is 1. The highest BCUT2D eigenvalue weighted by molar-refractivity contribution is 7.91. The lowest BCUT2D eigenvalue weighted by Crippen LogP contribution is -2.44. The summed E-state index contributed by atoms with van der Waals surface area (Å²) < 4.78 is 60.2. The van der Waals surface area contributed by atoms with E-state index in [4.69, 9.17) is 28.4 Å². The van der Waals surface area contributed by atoms with Crippen molar-refractivity contribution in [2.45, 2.75) is 75.0 Å². The molecule has 10 heteroatoms. The molecule has 0 spiro atoms. The summed E-state index contributed by atoms with van der Waals surface area (Å²) in [5.41, 5.74) is 0. The maximum Gasteiger partial charge on any atom is 0.219 e. The van der Waals surface area contributed by atoms with Crippen molar-refractivity contribution >= 4 is 9.84 Å². The third-order valence-electron chi connectivity index (χ3n) is 4.80. The number of rotatable bonds is 5. The van der Waals surface area contributed by atoms with Crippen LogP contribution < -0.4 is 0 Å². The fraction of sp³-hybridized carbons (Fsp3) is 0.722. The van der Waals surface area contributed by atoms with Gasteiger partial charge in [-0.1, -0.05) is 6.07 Å². The van der Waals surface area contributed by atoms with E-state index in [1.165, 1.54) is 12.3 Å². The smallest absolute Gasteiger partial charge is 0.219 e. The Morgan fingerprint density at radius 2 is 1.89 bits per heavy atom. The molecule has 3 saturated heterocycles. The fourth-order valence-corrected chi connectivity index (χ4v) is 4.59. The zero-order chi connectivity index (χ0) is 20.2. The number of fused-ring (bicyclic) bond motifs is 1. The van der Waals surface area contributed by atoms with Gasteiger partial charge in [-0.3, -0.25) is 0 Å². The summed E-state index contributed by atoms with van der Waals surface area (Å²) in [7, 11) is -3.73. The van der Waals surface area contributed by atoms with Crippen molar-refractivity contribution < 1.29 is 36.8 Å². The summed E-state index contributed by atoms with van der Waals surface area (Å²) in [6, 6.07) is 4.69. The summed E-state index contributed by atoms with van der Waals surface area (Å²) in [5, 5.41) is -0.0486. The third kappa shape index (κ3) is 3.95. The van der Waals surface area contributed by atoms with Crippen molar-refractivity contribution in [3.8, 4) is 0 Å². The molecule has 0 bridgehead atoms. The van der Waals surface area contributed by atoms with Crippen molar-refractivity contribution in [1.29, 1.82) is 0 Å². The van der Waals surface area contributed by atoms with Crippen LogP contribution in [0.1, 0.15) is 27.7 Å². The zero-order valence-electron chi connectivity index (χ0n) is 16.2. The van der Waals surface area contributed by atoms with Gasteiger partial charge in [-0.05, 0) is 39.8 Å². The van der Waals surface area contributed by atoms with E-state index < -0.39 is 58.1 Å². The minimum Gasteiger partial charge on any atom is -0.356 e. The van der Waals surface area contributed by atoms with Crippen molar-refractivity contribution in [2.75, 3.05) is 12.5 Å². The van der Waals surface area contributed by atoms with E-state index in [1.54, 1.807) is 39.8 Å². The molecule has 0 saturated carbocycles.